The lowest BCUT2D eigenvalue weighted by Gasteiger charge is -2.15. The second-order valence-corrected chi connectivity index (χ2v) is 4.11. The quantitative estimate of drug-likeness (QED) is 0.881. The SMILES string of the molecule is CNCC(F)(F)Cc1ccc(Br)cc1. The summed E-state index contributed by atoms with van der Waals surface area (Å²) in [5.74, 6) is -2.68. The van der Waals surface area contributed by atoms with Crippen molar-refractivity contribution in [2.45, 2.75) is 12.3 Å². The highest BCUT2D eigenvalue weighted by Gasteiger charge is 2.27. The third kappa shape index (κ3) is 3.72. The van der Waals surface area contributed by atoms with Gasteiger partial charge in [0, 0.05) is 10.9 Å². The number of halogens is 3. The van der Waals surface area contributed by atoms with Crippen LogP contribution in [0.15, 0.2) is 28.7 Å². The zero-order valence-electron chi connectivity index (χ0n) is 7.86. The Morgan fingerprint density at radius 1 is 1.29 bits per heavy atom. The lowest BCUT2D eigenvalue weighted by atomic mass is 10.1. The molecule has 1 aromatic carbocycles. The second kappa shape index (κ2) is 4.84. The molecule has 0 fully saturated rings. The Hall–Kier alpha value is -0.480. The molecule has 1 nitrogen and oxygen atoms in total. The molecule has 0 unspecified atom stereocenters. The summed E-state index contributed by atoms with van der Waals surface area (Å²) < 4.78 is 27.2. The summed E-state index contributed by atoms with van der Waals surface area (Å²) in [6, 6.07) is 6.94. The van der Waals surface area contributed by atoms with Gasteiger partial charge in [0.25, 0.3) is 5.92 Å². The van der Waals surface area contributed by atoms with Gasteiger partial charge in [0.1, 0.15) is 0 Å². The molecule has 0 amide bonds. The average molecular weight is 264 g/mol. The molecule has 0 saturated carbocycles. The maximum Gasteiger partial charge on any atom is 0.264 e. The van der Waals surface area contributed by atoms with Crippen molar-refractivity contribution in [3.63, 3.8) is 0 Å². The van der Waals surface area contributed by atoms with Crippen LogP contribution in [-0.4, -0.2) is 19.5 Å². The molecule has 0 aliphatic heterocycles. The molecule has 0 atom stereocenters. The molecule has 0 heterocycles. The van der Waals surface area contributed by atoms with E-state index in [0.717, 1.165) is 4.47 Å². The number of benzene rings is 1. The number of rotatable bonds is 4. The third-order valence-corrected chi connectivity index (χ3v) is 2.34. The number of nitrogens with one attached hydrogen (secondary N) is 1. The standard InChI is InChI=1S/C10H12BrF2N/c1-14-7-10(12,13)6-8-2-4-9(11)5-3-8/h2-5,14H,6-7H2,1H3. The van der Waals surface area contributed by atoms with E-state index < -0.39 is 5.92 Å². The molecule has 1 N–H and O–H groups in total. The maximum atomic E-state index is 13.1. The normalized spacial score (nSPS) is 11.7. The summed E-state index contributed by atoms with van der Waals surface area (Å²) in [5.41, 5.74) is 0.647. The van der Waals surface area contributed by atoms with Gasteiger partial charge in [0.15, 0.2) is 0 Å². The minimum Gasteiger partial charge on any atom is -0.314 e. The van der Waals surface area contributed by atoms with Gasteiger partial charge in [-0.3, -0.25) is 0 Å². The zero-order valence-corrected chi connectivity index (χ0v) is 9.44. The molecule has 1 rings (SSSR count). The van der Waals surface area contributed by atoms with E-state index in [4.69, 9.17) is 0 Å². The topological polar surface area (TPSA) is 12.0 Å². The fourth-order valence-corrected chi connectivity index (χ4v) is 1.49. The summed E-state index contributed by atoms with van der Waals surface area (Å²) in [5, 5.41) is 2.48. The Morgan fingerprint density at radius 2 is 1.86 bits per heavy atom. The van der Waals surface area contributed by atoms with E-state index in [9.17, 15) is 8.78 Å². The minimum absolute atomic E-state index is 0.221. The van der Waals surface area contributed by atoms with Gasteiger partial charge < -0.3 is 5.32 Å². The Labute approximate surface area is 90.6 Å². The van der Waals surface area contributed by atoms with Crippen molar-refractivity contribution in [2.24, 2.45) is 0 Å². The van der Waals surface area contributed by atoms with Crippen LogP contribution in [0.1, 0.15) is 5.56 Å². The first kappa shape index (κ1) is 11.6. The van der Waals surface area contributed by atoms with Crippen molar-refractivity contribution in [2.75, 3.05) is 13.6 Å². The zero-order chi connectivity index (χ0) is 10.6. The Balaban J connectivity index is 2.64. The molecular weight excluding hydrogens is 252 g/mol. The predicted molar refractivity (Wildman–Crippen MR) is 56.7 cm³/mol. The fraction of sp³-hybridized carbons (Fsp3) is 0.400. The minimum atomic E-state index is -2.68. The van der Waals surface area contributed by atoms with Gasteiger partial charge in [-0.05, 0) is 24.7 Å². The first-order chi connectivity index (χ1) is 6.53. The summed E-state index contributed by atoms with van der Waals surface area (Å²) in [7, 11) is 1.52. The molecule has 1 aromatic rings. The molecule has 78 valence electrons. The lowest BCUT2D eigenvalue weighted by molar-refractivity contribution is 0.00450. The van der Waals surface area contributed by atoms with Crippen LogP contribution in [0.4, 0.5) is 8.78 Å². The van der Waals surface area contributed by atoms with Crippen LogP contribution >= 0.6 is 15.9 Å². The van der Waals surface area contributed by atoms with Crippen molar-refractivity contribution in [3.8, 4) is 0 Å². The van der Waals surface area contributed by atoms with Gasteiger partial charge in [0.05, 0.1) is 6.54 Å². The highest BCUT2D eigenvalue weighted by atomic mass is 79.9. The van der Waals surface area contributed by atoms with Crippen molar-refractivity contribution < 1.29 is 8.78 Å². The van der Waals surface area contributed by atoms with E-state index in [1.54, 1.807) is 24.3 Å². The molecule has 0 bridgehead atoms. The van der Waals surface area contributed by atoms with Crippen LogP contribution in [0.3, 0.4) is 0 Å². The maximum absolute atomic E-state index is 13.1. The Morgan fingerprint density at radius 3 is 2.36 bits per heavy atom. The Bertz CT molecular complexity index is 285. The summed E-state index contributed by atoms with van der Waals surface area (Å²) in [6.07, 6.45) is -0.221. The summed E-state index contributed by atoms with van der Waals surface area (Å²) >= 11 is 3.26. The molecule has 0 radical (unpaired) electrons. The molecule has 4 heteroatoms. The van der Waals surface area contributed by atoms with Gasteiger partial charge in [-0.15, -0.1) is 0 Å². The molecule has 0 spiro atoms. The van der Waals surface area contributed by atoms with Crippen LogP contribution in [-0.2, 0) is 6.42 Å². The largest absolute Gasteiger partial charge is 0.314 e. The molecule has 0 aliphatic rings. The smallest absolute Gasteiger partial charge is 0.264 e. The molecule has 0 saturated heterocycles. The van der Waals surface area contributed by atoms with Gasteiger partial charge in [0.2, 0.25) is 0 Å². The highest BCUT2D eigenvalue weighted by molar-refractivity contribution is 9.10. The molecular formula is C10H12BrF2N. The van der Waals surface area contributed by atoms with Crippen LogP contribution in [0.25, 0.3) is 0 Å². The first-order valence-electron chi connectivity index (χ1n) is 4.30. The van der Waals surface area contributed by atoms with Gasteiger partial charge in [-0.25, -0.2) is 8.78 Å². The van der Waals surface area contributed by atoms with E-state index in [0.29, 0.717) is 5.56 Å². The highest BCUT2D eigenvalue weighted by Crippen LogP contribution is 2.20. The van der Waals surface area contributed by atoms with Crippen molar-refractivity contribution >= 4 is 15.9 Å². The summed E-state index contributed by atoms with van der Waals surface area (Å²) in [6.45, 7) is -0.289. The molecule has 0 aromatic heterocycles. The van der Waals surface area contributed by atoms with E-state index in [-0.39, 0.29) is 13.0 Å². The molecule has 0 aliphatic carbocycles. The van der Waals surface area contributed by atoms with Crippen LogP contribution in [0, 0.1) is 0 Å². The van der Waals surface area contributed by atoms with E-state index in [1.807, 2.05) is 0 Å². The monoisotopic (exact) mass is 263 g/mol. The lowest BCUT2D eigenvalue weighted by Crippen LogP contribution is -2.32. The van der Waals surface area contributed by atoms with Gasteiger partial charge in [-0.2, -0.15) is 0 Å². The van der Waals surface area contributed by atoms with Crippen LogP contribution < -0.4 is 5.32 Å². The Kier molecular flexibility index (Phi) is 4.01. The van der Waals surface area contributed by atoms with E-state index in [1.165, 1.54) is 7.05 Å². The second-order valence-electron chi connectivity index (χ2n) is 3.19. The number of alkyl halides is 2. The van der Waals surface area contributed by atoms with E-state index in [2.05, 4.69) is 21.2 Å². The molecule has 14 heavy (non-hydrogen) atoms. The fourth-order valence-electron chi connectivity index (χ4n) is 1.22. The van der Waals surface area contributed by atoms with Gasteiger partial charge >= 0.3 is 0 Å². The summed E-state index contributed by atoms with van der Waals surface area (Å²) in [4.78, 5) is 0. The predicted octanol–water partition coefficient (Wildman–Crippen LogP) is 2.85. The van der Waals surface area contributed by atoms with Crippen molar-refractivity contribution in [1.82, 2.24) is 5.32 Å². The number of hydrogen-bond acceptors (Lipinski definition) is 1. The van der Waals surface area contributed by atoms with Crippen LogP contribution in [0.2, 0.25) is 0 Å². The van der Waals surface area contributed by atoms with Crippen LogP contribution in [0.5, 0.6) is 0 Å². The van der Waals surface area contributed by atoms with Crippen molar-refractivity contribution in [3.05, 3.63) is 34.3 Å². The average Bonchev–Trinajstić information content (AvgIpc) is 2.08. The van der Waals surface area contributed by atoms with Crippen molar-refractivity contribution in [1.29, 1.82) is 0 Å². The van der Waals surface area contributed by atoms with Gasteiger partial charge in [-0.1, -0.05) is 28.1 Å². The first-order valence-corrected chi connectivity index (χ1v) is 5.10. The third-order valence-electron chi connectivity index (χ3n) is 1.81. The number of hydrogen-bond donors (Lipinski definition) is 1. The van der Waals surface area contributed by atoms with E-state index >= 15 is 0 Å².